The van der Waals surface area contributed by atoms with Crippen LogP contribution < -0.4 is 5.32 Å². The summed E-state index contributed by atoms with van der Waals surface area (Å²) in [4.78, 5) is 22.8. The molecule has 100 valence electrons. The molecule has 0 bridgehead atoms. The van der Waals surface area contributed by atoms with Crippen molar-refractivity contribution >= 4 is 11.9 Å². The van der Waals surface area contributed by atoms with Gasteiger partial charge in [0.2, 0.25) is 0 Å². The van der Waals surface area contributed by atoms with Crippen molar-refractivity contribution in [3.05, 3.63) is 24.2 Å². The van der Waals surface area contributed by atoms with Gasteiger partial charge in [0.1, 0.15) is 17.1 Å². The summed E-state index contributed by atoms with van der Waals surface area (Å²) in [6.07, 6.45) is 1.11. The molecule has 1 heterocycles. The molecule has 0 aromatic carbocycles. The Morgan fingerprint density at radius 3 is 2.56 bits per heavy atom. The number of ketones is 1. The summed E-state index contributed by atoms with van der Waals surface area (Å²) in [7, 11) is 0. The van der Waals surface area contributed by atoms with E-state index in [-0.39, 0.29) is 12.2 Å². The molecule has 18 heavy (non-hydrogen) atoms. The van der Waals surface area contributed by atoms with Crippen LogP contribution in [0.3, 0.4) is 0 Å². The Kier molecular flexibility index (Phi) is 4.53. The van der Waals surface area contributed by atoms with Gasteiger partial charge in [-0.05, 0) is 39.8 Å². The number of alkyl carbamates (subject to hydrolysis) is 1. The van der Waals surface area contributed by atoms with Crippen LogP contribution in [0.5, 0.6) is 0 Å². The number of Topliss-reactive ketones (excluding diaryl/α,β-unsaturated/α-hetero) is 1. The van der Waals surface area contributed by atoms with Gasteiger partial charge in [-0.1, -0.05) is 0 Å². The van der Waals surface area contributed by atoms with Crippen molar-refractivity contribution < 1.29 is 18.7 Å². The Morgan fingerprint density at radius 1 is 1.44 bits per heavy atom. The van der Waals surface area contributed by atoms with Crippen LogP contribution >= 0.6 is 0 Å². The van der Waals surface area contributed by atoms with Gasteiger partial charge in [-0.15, -0.1) is 0 Å². The minimum Gasteiger partial charge on any atom is -0.467 e. The van der Waals surface area contributed by atoms with Gasteiger partial charge in [0.05, 0.1) is 12.3 Å². The van der Waals surface area contributed by atoms with Crippen molar-refractivity contribution in [2.75, 3.05) is 0 Å². The van der Waals surface area contributed by atoms with E-state index in [1.54, 1.807) is 32.9 Å². The summed E-state index contributed by atoms with van der Waals surface area (Å²) in [6, 6.07) is 2.93. The molecule has 0 aliphatic rings. The zero-order valence-corrected chi connectivity index (χ0v) is 11.1. The SMILES string of the molecule is CC(=O)CC(NC(=O)OC(C)(C)C)c1ccco1. The summed E-state index contributed by atoms with van der Waals surface area (Å²) in [5.41, 5.74) is -0.575. The molecule has 0 aliphatic heterocycles. The van der Waals surface area contributed by atoms with Crippen molar-refractivity contribution in [3.8, 4) is 0 Å². The molecule has 1 rings (SSSR count). The monoisotopic (exact) mass is 253 g/mol. The van der Waals surface area contributed by atoms with Crippen LogP contribution in [0.15, 0.2) is 22.8 Å². The lowest BCUT2D eigenvalue weighted by molar-refractivity contribution is -0.117. The maximum atomic E-state index is 11.7. The summed E-state index contributed by atoms with van der Waals surface area (Å²) in [5.74, 6) is 0.503. The van der Waals surface area contributed by atoms with Crippen LogP contribution in [-0.2, 0) is 9.53 Å². The first-order valence-corrected chi connectivity index (χ1v) is 5.80. The predicted molar refractivity (Wildman–Crippen MR) is 66.1 cm³/mol. The number of ether oxygens (including phenoxy) is 1. The molecule has 1 atom stereocenters. The van der Waals surface area contributed by atoms with Crippen LogP contribution in [0.4, 0.5) is 4.79 Å². The van der Waals surface area contributed by atoms with Crippen molar-refractivity contribution in [2.45, 2.75) is 45.8 Å². The van der Waals surface area contributed by atoms with Gasteiger partial charge in [-0.2, -0.15) is 0 Å². The lowest BCUT2D eigenvalue weighted by Crippen LogP contribution is -2.35. The Morgan fingerprint density at radius 2 is 2.11 bits per heavy atom. The molecule has 1 amide bonds. The number of rotatable bonds is 4. The standard InChI is InChI=1S/C13H19NO4/c1-9(15)8-10(11-6-5-7-17-11)14-12(16)18-13(2,3)4/h5-7,10H,8H2,1-4H3,(H,14,16). The summed E-state index contributed by atoms with van der Waals surface area (Å²) in [6.45, 7) is 6.80. The minimum atomic E-state index is -0.575. The fraction of sp³-hybridized carbons (Fsp3) is 0.538. The molecule has 5 heteroatoms. The van der Waals surface area contributed by atoms with E-state index < -0.39 is 17.7 Å². The number of furan rings is 1. The molecule has 0 fully saturated rings. The topological polar surface area (TPSA) is 68.5 Å². The van der Waals surface area contributed by atoms with E-state index in [1.165, 1.54) is 13.2 Å². The third kappa shape index (κ3) is 5.03. The molecule has 1 N–H and O–H groups in total. The summed E-state index contributed by atoms with van der Waals surface area (Å²) < 4.78 is 10.3. The van der Waals surface area contributed by atoms with Crippen LogP contribution in [-0.4, -0.2) is 17.5 Å². The van der Waals surface area contributed by atoms with E-state index in [0.29, 0.717) is 5.76 Å². The van der Waals surface area contributed by atoms with E-state index in [1.807, 2.05) is 0 Å². The van der Waals surface area contributed by atoms with Gasteiger partial charge < -0.3 is 14.5 Å². The molecule has 1 unspecified atom stereocenters. The molecule has 5 nitrogen and oxygen atoms in total. The van der Waals surface area contributed by atoms with E-state index in [4.69, 9.17) is 9.15 Å². The molecular weight excluding hydrogens is 234 g/mol. The Hall–Kier alpha value is -1.78. The molecule has 0 spiro atoms. The largest absolute Gasteiger partial charge is 0.467 e. The van der Waals surface area contributed by atoms with Gasteiger partial charge in [0.15, 0.2) is 0 Å². The second-order valence-electron chi connectivity index (χ2n) is 5.12. The predicted octanol–water partition coefficient (Wildman–Crippen LogP) is 2.82. The quantitative estimate of drug-likeness (QED) is 0.895. The third-order valence-electron chi connectivity index (χ3n) is 2.07. The van der Waals surface area contributed by atoms with Gasteiger partial charge in [0.25, 0.3) is 0 Å². The lowest BCUT2D eigenvalue weighted by Gasteiger charge is -2.22. The normalized spacial score (nSPS) is 12.9. The second kappa shape index (κ2) is 5.71. The van der Waals surface area contributed by atoms with Crippen molar-refractivity contribution in [3.63, 3.8) is 0 Å². The average Bonchev–Trinajstić information content (AvgIpc) is 2.64. The summed E-state index contributed by atoms with van der Waals surface area (Å²) >= 11 is 0. The maximum Gasteiger partial charge on any atom is 0.408 e. The van der Waals surface area contributed by atoms with Gasteiger partial charge in [0, 0.05) is 6.42 Å². The minimum absolute atomic E-state index is 0.0348. The first kappa shape index (κ1) is 14.3. The van der Waals surface area contributed by atoms with Crippen LogP contribution in [0.1, 0.15) is 45.9 Å². The highest BCUT2D eigenvalue weighted by Crippen LogP contribution is 2.18. The number of carbonyl (C=O) groups is 2. The third-order valence-corrected chi connectivity index (χ3v) is 2.07. The van der Waals surface area contributed by atoms with Crippen molar-refractivity contribution in [1.29, 1.82) is 0 Å². The van der Waals surface area contributed by atoms with Gasteiger partial charge in [-0.3, -0.25) is 4.79 Å². The molecule has 1 aromatic rings. The zero-order chi connectivity index (χ0) is 13.8. The number of hydrogen-bond acceptors (Lipinski definition) is 4. The Labute approximate surface area is 106 Å². The highest BCUT2D eigenvalue weighted by atomic mass is 16.6. The van der Waals surface area contributed by atoms with Crippen molar-refractivity contribution in [2.24, 2.45) is 0 Å². The van der Waals surface area contributed by atoms with Crippen LogP contribution in [0, 0.1) is 0 Å². The molecule has 0 aliphatic carbocycles. The molecule has 0 saturated heterocycles. The van der Waals surface area contributed by atoms with Gasteiger partial charge >= 0.3 is 6.09 Å². The van der Waals surface area contributed by atoms with Crippen molar-refractivity contribution in [1.82, 2.24) is 5.32 Å². The number of hydrogen-bond donors (Lipinski definition) is 1. The first-order chi connectivity index (χ1) is 8.28. The van der Waals surface area contributed by atoms with Gasteiger partial charge in [-0.25, -0.2) is 4.79 Å². The molecule has 0 radical (unpaired) electrons. The highest BCUT2D eigenvalue weighted by molar-refractivity contribution is 5.77. The maximum absolute atomic E-state index is 11.7. The van der Waals surface area contributed by atoms with Crippen LogP contribution in [0.25, 0.3) is 0 Å². The Balaban J connectivity index is 2.68. The van der Waals surface area contributed by atoms with E-state index >= 15 is 0 Å². The second-order valence-corrected chi connectivity index (χ2v) is 5.12. The number of carbonyl (C=O) groups excluding carboxylic acids is 2. The smallest absolute Gasteiger partial charge is 0.408 e. The highest BCUT2D eigenvalue weighted by Gasteiger charge is 2.22. The Bertz CT molecular complexity index is 403. The average molecular weight is 253 g/mol. The van der Waals surface area contributed by atoms with E-state index in [2.05, 4.69) is 5.32 Å². The lowest BCUT2D eigenvalue weighted by atomic mass is 10.1. The fourth-order valence-electron chi connectivity index (χ4n) is 1.45. The van der Waals surface area contributed by atoms with E-state index in [9.17, 15) is 9.59 Å². The number of amides is 1. The van der Waals surface area contributed by atoms with Crippen LogP contribution in [0.2, 0.25) is 0 Å². The van der Waals surface area contributed by atoms with E-state index in [0.717, 1.165) is 0 Å². The number of nitrogens with one attached hydrogen (secondary N) is 1. The summed E-state index contributed by atoms with van der Waals surface area (Å²) in [5, 5.41) is 2.63. The molecule has 1 aromatic heterocycles. The zero-order valence-electron chi connectivity index (χ0n) is 11.1. The fourth-order valence-corrected chi connectivity index (χ4v) is 1.45. The first-order valence-electron chi connectivity index (χ1n) is 5.80. The molecule has 0 saturated carbocycles. The molecular formula is C13H19NO4.